The van der Waals surface area contributed by atoms with Gasteiger partial charge in [0.05, 0.1) is 11.6 Å². The molecule has 18 heavy (non-hydrogen) atoms. The molecule has 0 aliphatic carbocycles. The Kier molecular flexibility index (Phi) is 4.20. The minimum absolute atomic E-state index is 0.731. The van der Waals surface area contributed by atoms with Crippen LogP contribution in [0.1, 0.15) is 31.2 Å². The van der Waals surface area contributed by atoms with Gasteiger partial charge >= 0.3 is 0 Å². The van der Waals surface area contributed by atoms with Crippen molar-refractivity contribution in [1.29, 1.82) is 5.26 Å². The summed E-state index contributed by atoms with van der Waals surface area (Å²) in [7, 11) is 0. The molecule has 0 radical (unpaired) electrons. The van der Waals surface area contributed by atoms with Crippen molar-refractivity contribution in [3.05, 3.63) is 48.7 Å². The van der Waals surface area contributed by atoms with Crippen LogP contribution in [0.5, 0.6) is 0 Å². The summed E-state index contributed by atoms with van der Waals surface area (Å²) < 4.78 is 2.24. The number of benzene rings is 1. The van der Waals surface area contributed by atoms with Crippen LogP contribution in [0, 0.1) is 11.3 Å². The average molecular weight is 238 g/mol. The van der Waals surface area contributed by atoms with Gasteiger partial charge in [-0.1, -0.05) is 18.6 Å². The average Bonchev–Trinajstić information content (AvgIpc) is 2.81. The van der Waals surface area contributed by atoms with Crippen molar-refractivity contribution in [3.63, 3.8) is 0 Å². The quantitative estimate of drug-likeness (QED) is 0.546. The number of rotatable bonds is 6. The first-order valence-corrected chi connectivity index (χ1v) is 6.45. The van der Waals surface area contributed by atoms with Crippen LogP contribution in [0.2, 0.25) is 0 Å². The van der Waals surface area contributed by atoms with Gasteiger partial charge in [-0.05, 0) is 42.8 Å². The van der Waals surface area contributed by atoms with Gasteiger partial charge in [0.15, 0.2) is 0 Å². The van der Waals surface area contributed by atoms with Crippen LogP contribution >= 0.6 is 0 Å². The normalized spacial score (nSPS) is 10.4. The zero-order chi connectivity index (χ0) is 12.8. The maximum absolute atomic E-state index is 8.93. The Balaban J connectivity index is 2.04. The van der Waals surface area contributed by atoms with Gasteiger partial charge in [0.25, 0.3) is 0 Å². The Bertz CT molecular complexity index is 572. The number of nitriles is 1. The summed E-state index contributed by atoms with van der Waals surface area (Å²) in [5.41, 5.74) is 1.90. The number of allylic oxidation sites excluding steroid dienone is 1. The molecule has 0 aliphatic rings. The Morgan fingerprint density at radius 2 is 2.11 bits per heavy atom. The lowest BCUT2D eigenvalue weighted by molar-refractivity contribution is 0.603. The van der Waals surface area contributed by atoms with Gasteiger partial charge in [-0.3, -0.25) is 0 Å². The summed E-state index contributed by atoms with van der Waals surface area (Å²) in [5.74, 6) is 0. The molecule has 2 aromatic rings. The van der Waals surface area contributed by atoms with Crippen LogP contribution in [0.15, 0.2) is 43.1 Å². The fraction of sp³-hybridized carbons (Fsp3) is 0.312. The number of aryl methyl sites for hydroxylation is 1. The zero-order valence-electron chi connectivity index (χ0n) is 10.6. The Hall–Kier alpha value is -2.01. The van der Waals surface area contributed by atoms with Crippen LogP contribution in [-0.2, 0) is 6.54 Å². The Morgan fingerprint density at radius 3 is 2.89 bits per heavy atom. The summed E-state index contributed by atoms with van der Waals surface area (Å²) in [6, 6.07) is 10.2. The molecule has 0 N–H and O–H groups in total. The molecule has 2 rings (SSSR count). The first-order chi connectivity index (χ1) is 8.85. The standard InChI is InChI=1S/C16H18N2/c1-2-3-4-5-6-10-18-11-9-15-8-7-14(13-17)12-16(15)18/h2,7-9,11-12H,1,3-6,10H2. The van der Waals surface area contributed by atoms with Crippen LogP contribution in [0.3, 0.4) is 0 Å². The highest BCUT2D eigenvalue weighted by molar-refractivity contribution is 5.81. The highest BCUT2D eigenvalue weighted by Gasteiger charge is 2.01. The Morgan fingerprint density at radius 1 is 1.22 bits per heavy atom. The molecule has 0 spiro atoms. The van der Waals surface area contributed by atoms with Gasteiger partial charge in [0.2, 0.25) is 0 Å². The molecule has 0 saturated heterocycles. The second kappa shape index (κ2) is 6.07. The van der Waals surface area contributed by atoms with E-state index < -0.39 is 0 Å². The number of hydrogen-bond acceptors (Lipinski definition) is 1. The van der Waals surface area contributed by atoms with Crippen LogP contribution < -0.4 is 0 Å². The van der Waals surface area contributed by atoms with Crippen molar-refractivity contribution < 1.29 is 0 Å². The van der Waals surface area contributed by atoms with Gasteiger partial charge in [-0.15, -0.1) is 6.58 Å². The van der Waals surface area contributed by atoms with E-state index in [1.165, 1.54) is 24.6 Å². The lowest BCUT2D eigenvalue weighted by Crippen LogP contribution is -1.96. The molecule has 1 aromatic heterocycles. The topological polar surface area (TPSA) is 28.7 Å². The number of nitrogens with zero attached hydrogens (tertiary/aromatic N) is 2. The summed E-state index contributed by atoms with van der Waals surface area (Å²) in [6.07, 6.45) is 8.80. The third-order valence-electron chi connectivity index (χ3n) is 3.21. The number of aromatic nitrogens is 1. The van der Waals surface area contributed by atoms with Crippen molar-refractivity contribution in [1.82, 2.24) is 4.57 Å². The second-order valence-corrected chi connectivity index (χ2v) is 4.53. The molecule has 0 saturated carbocycles. The predicted octanol–water partition coefficient (Wildman–Crippen LogP) is 4.26. The summed E-state index contributed by atoms with van der Waals surface area (Å²) in [6.45, 7) is 4.76. The number of unbranched alkanes of at least 4 members (excludes halogenated alkanes) is 3. The van der Waals surface area contributed by atoms with Gasteiger partial charge < -0.3 is 4.57 Å². The third kappa shape index (κ3) is 2.81. The number of fused-ring (bicyclic) bond motifs is 1. The molecule has 0 unspecified atom stereocenters. The maximum atomic E-state index is 8.93. The van der Waals surface area contributed by atoms with E-state index in [2.05, 4.69) is 29.5 Å². The fourth-order valence-corrected chi connectivity index (χ4v) is 2.20. The van der Waals surface area contributed by atoms with Crippen LogP contribution in [-0.4, -0.2) is 4.57 Å². The molecule has 0 aliphatic heterocycles. The highest BCUT2D eigenvalue weighted by atomic mass is 14.9. The van der Waals surface area contributed by atoms with E-state index in [0.717, 1.165) is 24.0 Å². The van der Waals surface area contributed by atoms with E-state index in [0.29, 0.717) is 0 Å². The van der Waals surface area contributed by atoms with Gasteiger partial charge in [0.1, 0.15) is 0 Å². The van der Waals surface area contributed by atoms with E-state index in [1.807, 2.05) is 24.3 Å². The van der Waals surface area contributed by atoms with Crippen molar-refractivity contribution in [2.45, 2.75) is 32.2 Å². The SMILES string of the molecule is C=CCCCCCn1ccc2ccc(C#N)cc21. The Labute approximate surface area is 108 Å². The van der Waals surface area contributed by atoms with Crippen molar-refractivity contribution in [2.24, 2.45) is 0 Å². The minimum Gasteiger partial charge on any atom is -0.347 e. The maximum Gasteiger partial charge on any atom is 0.0992 e. The fourth-order valence-electron chi connectivity index (χ4n) is 2.20. The second-order valence-electron chi connectivity index (χ2n) is 4.53. The molecule has 0 atom stereocenters. The molecule has 0 amide bonds. The first kappa shape index (κ1) is 12.4. The largest absolute Gasteiger partial charge is 0.347 e. The van der Waals surface area contributed by atoms with Crippen LogP contribution in [0.4, 0.5) is 0 Å². The van der Waals surface area contributed by atoms with Gasteiger partial charge in [0, 0.05) is 18.3 Å². The van der Waals surface area contributed by atoms with Crippen molar-refractivity contribution >= 4 is 10.9 Å². The van der Waals surface area contributed by atoms with E-state index >= 15 is 0 Å². The monoisotopic (exact) mass is 238 g/mol. The third-order valence-corrected chi connectivity index (χ3v) is 3.21. The van der Waals surface area contributed by atoms with E-state index in [4.69, 9.17) is 5.26 Å². The van der Waals surface area contributed by atoms with E-state index in [-0.39, 0.29) is 0 Å². The van der Waals surface area contributed by atoms with Crippen LogP contribution in [0.25, 0.3) is 10.9 Å². The molecular formula is C16H18N2. The highest BCUT2D eigenvalue weighted by Crippen LogP contribution is 2.18. The molecule has 2 nitrogen and oxygen atoms in total. The molecule has 0 fully saturated rings. The number of hydrogen-bond donors (Lipinski definition) is 0. The van der Waals surface area contributed by atoms with Gasteiger partial charge in [-0.25, -0.2) is 0 Å². The smallest absolute Gasteiger partial charge is 0.0992 e. The lowest BCUT2D eigenvalue weighted by atomic mass is 10.1. The molecule has 2 heteroatoms. The molecule has 0 bridgehead atoms. The van der Waals surface area contributed by atoms with E-state index in [1.54, 1.807) is 0 Å². The molecule has 1 heterocycles. The summed E-state index contributed by atoms with van der Waals surface area (Å²) >= 11 is 0. The molecule has 1 aromatic carbocycles. The summed E-state index contributed by atoms with van der Waals surface area (Å²) in [5, 5.41) is 10.1. The van der Waals surface area contributed by atoms with E-state index in [9.17, 15) is 0 Å². The first-order valence-electron chi connectivity index (χ1n) is 6.45. The van der Waals surface area contributed by atoms with Gasteiger partial charge in [-0.2, -0.15) is 5.26 Å². The molecular weight excluding hydrogens is 220 g/mol. The zero-order valence-corrected chi connectivity index (χ0v) is 10.6. The predicted molar refractivity (Wildman–Crippen MR) is 75.3 cm³/mol. The minimum atomic E-state index is 0.731. The summed E-state index contributed by atoms with van der Waals surface area (Å²) in [4.78, 5) is 0. The lowest BCUT2D eigenvalue weighted by Gasteiger charge is -2.05. The molecule has 92 valence electrons. The van der Waals surface area contributed by atoms with Crippen molar-refractivity contribution in [2.75, 3.05) is 0 Å². The van der Waals surface area contributed by atoms with Crippen molar-refractivity contribution in [3.8, 4) is 6.07 Å².